The van der Waals surface area contributed by atoms with Crippen LogP contribution in [0.15, 0.2) is 31.0 Å². The first-order valence-corrected chi connectivity index (χ1v) is 6.49. The summed E-state index contributed by atoms with van der Waals surface area (Å²) in [6.45, 7) is 6.84. The zero-order valence-electron chi connectivity index (χ0n) is 11.2. The van der Waals surface area contributed by atoms with Crippen LogP contribution in [0.25, 0.3) is 0 Å². The zero-order chi connectivity index (χ0) is 14.4. The molecule has 6 heteroatoms. The number of nitrogens with one attached hydrogen (secondary N) is 1. The van der Waals surface area contributed by atoms with Crippen LogP contribution in [0.1, 0.15) is 5.56 Å². The highest BCUT2D eigenvalue weighted by molar-refractivity contribution is 5.74. The minimum atomic E-state index is -0.0580. The molecule has 1 saturated heterocycles. The molecule has 0 saturated carbocycles. The molecule has 1 aromatic heterocycles. The van der Waals surface area contributed by atoms with E-state index in [2.05, 4.69) is 21.8 Å². The van der Waals surface area contributed by atoms with Crippen LogP contribution in [0.5, 0.6) is 0 Å². The van der Waals surface area contributed by atoms with Crippen LogP contribution in [0.2, 0.25) is 0 Å². The number of anilines is 1. The molecule has 0 spiro atoms. The molecule has 104 valence electrons. The predicted molar refractivity (Wildman–Crippen MR) is 76.3 cm³/mol. The van der Waals surface area contributed by atoms with Gasteiger partial charge in [0.15, 0.2) is 0 Å². The molecule has 1 aromatic rings. The normalized spacial score (nSPS) is 14.6. The van der Waals surface area contributed by atoms with E-state index < -0.39 is 0 Å². The summed E-state index contributed by atoms with van der Waals surface area (Å²) in [5.41, 5.74) is 0.552. The van der Waals surface area contributed by atoms with Crippen LogP contribution >= 0.6 is 0 Å². The van der Waals surface area contributed by atoms with Crippen LogP contribution in [0.3, 0.4) is 0 Å². The van der Waals surface area contributed by atoms with Gasteiger partial charge in [-0.25, -0.2) is 9.78 Å². The Hall–Kier alpha value is -2.55. The van der Waals surface area contributed by atoms with Crippen molar-refractivity contribution < 1.29 is 4.79 Å². The van der Waals surface area contributed by atoms with E-state index in [1.807, 2.05) is 12.1 Å². The lowest BCUT2D eigenvalue weighted by atomic mass is 10.2. The SMILES string of the molecule is C=CCNC(=O)N1CCN(c2ccc(C#N)cn2)CC1. The summed E-state index contributed by atoms with van der Waals surface area (Å²) >= 11 is 0. The number of nitrogens with zero attached hydrogens (tertiary/aromatic N) is 4. The lowest BCUT2D eigenvalue weighted by molar-refractivity contribution is 0.195. The van der Waals surface area contributed by atoms with Crippen molar-refractivity contribution >= 4 is 11.8 Å². The second kappa shape index (κ2) is 6.57. The average molecular weight is 271 g/mol. The number of aromatic nitrogens is 1. The topological polar surface area (TPSA) is 72.3 Å². The Morgan fingerprint density at radius 3 is 2.75 bits per heavy atom. The molecule has 1 aliphatic heterocycles. The van der Waals surface area contributed by atoms with E-state index in [9.17, 15) is 4.79 Å². The Bertz CT molecular complexity index is 511. The smallest absolute Gasteiger partial charge is 0.317 e. The summed E-state index contributed by atoms with van der Waals surface area (Å²) in [6, 6.07) is 5.59. The fourth-order valence-electron chi connectivity index (χ4n) is 2.05. The molecule has 0 bridgehead atoms. The van der Waals surface area contributed by atoms with Crippen LogP contribution in [0.4, 0.5) is 10.6 Å². The molecule has 1 aliphatic rings. The van der Waals surface area contributed by atoms with E-state index in [4.69, 9.17) is 5.26 Å². The second-order valence-corrected chi connectivity index (χ2v) is 4.47. The first kappa shape index (κ1) is 13.9. The van der Waals surface area contributed by atoms with Crippen molar-refractivity contribution in [1.82, 2.24) is 15.2 Å². The quantitative estimate of drug-likeness (QED) is 0.831. The molecular formula is C14H17N5O. The number of rotatable bonds is 3. The van der Waals surface area contributed by atoms with Crippen LogP contribution in [-0.2, 0) is 0 Å². The largest absolute Gasteiger partial charge is 0.353 e. The number of urea groups is 1. The van der Waals surface area contributed by atoms with Gasteiger partial charge >= 0.3 is 6.03 Å². The van der Waals surface area contributed by atoms with Gasteiger partial charge in [0.25, 0.3) is 0 Å². The standard InChI is InChI=1S/C14H17N5O/c1-2-5-16-14(20)19-8-6-18(7-9-19)13-4-3-12(10-15)11-17-13/h2-4,11H,1,5-9H2,(H,16,20). The van der Waals surface area contributed by atoms with Gasteiger partial charge in [0.1, 0.15) is 11.9 Å². The summed E-state index contributed by atoms with van der Waals surface area (Å²) in [5, 5.41) is 11.5. The third-order valence-electron chi connectivity index (χ3n) is 3.17. The number of piperazine rings is 1. The van der Waals surface area contributed by atoms with Gasteiger partial charge < -0.3 is 15.1 Å². The maximum absolute atomic E-state index is 11.8. The molecular weight excluding hydrogens is 254 g/mol. The number of carbonyl (C=O) groups excluding carboxylic acids is 1. The first-order valence-electron chi connectivity index (χ1n) is 6.49. The number of carbonyl (C=O) groups is 1. The maximum atomic E-state index is 11.8. The fourth-order valence-corrected chi connectivity index (χ4v) is 2.05. The lowest BCUT2D eigenvalue weighted by Crippen LogP contribution is -2.52. The molecule has 2 heterocycles. The van der Waals surface area contributed by atoms with Gasteiger partial charge in [-0.15, -0.1) is 6.58 Å². The molecule has 6 nitrogen and oxygen atoms in total. The summed E-state index contributed by atoms with van der Waals surface area (Å²) in [7, 11) is 0. The molecule has 0 radical (unpaired) electrons. The molecule has 20 heavy (non-hydrogen) atoms. The summed E-state index contributed by atoms with van der Waals surface area (Å²) in [5.74, 6) is 0.843. The molecule has 0 atom stereocenters. The van der Waals surface area contributed by atoms with Crippen LogP contribution < -0.4 is 10.2 Å². The van der Waals surface area contributed by atoms with Crippen molar-refractivity contribution in [2.24, 2.45) is 0 Å². The molecule has 0 aromatic carbocycles. The van der Waals surface area contributed by atoms with Gasteiger partial charge in [0.05, 0.1) is 5.56 Å². The Labute approximate surface area is 118 Å². The number of hydrogen-bond donors (Lipinski definition) is 1. The lowest BCUT2D eigenvalue weighted by Gasteiger charge is -2.35. The van der Waals surface area contributed by atoms with Gasteiger partial charge in [-0.1, -0.05) is 6.08 Å². The highest BCUT2D eigenvalue weighted by atomic mass is 16.2. The highest BCUT2D eigenvalue weighted by Gasteiger charge is 2.21. The van der Waals surface area contributed by atoms with E-state index in [1.54, 1.807) is 23.2 Å². The minimum absolute atomic E-state index is 0.0580. The van der Waals surface area contributed by atoms with Crippen molar-refractivity contribution in [3.8, 4) is 6.07 Å². The molecule has 0 unspecified atom stereocenters. The average Bonchev–Trinajstić information content (AvgIpc) is 2.53. The molecule has 2 rings (SSSR count). The Balaban J connectivity index is 1.88. The first-order chi connectivity index (χ1) is 9.74. The highest BCUT2D eigenvalue weighted by Crippen LogP contribution is 2.13. The third kappa shape index (κ3) is 3.26. The van der Waals surface area contributed by atoms with Crippen molar-refractivity contribution in [3.63, 3.8) is 0 Å². The number of pyridine rings is 1. The Kier molecular flexibility index (Phi) is 4.56. The summed E-state index contributed by atoms with van der Waals surface area (Å²) in [4.78, 5) is 19.9. The molecule has 1 fully saturated rings. The van der Waals surface area contributed by atoms with Crippen molar-refractivity contribution in [1.29, 1.82) is 5.26 Å². The van der Waals surface area contributed by atoms with Crippen molar-refractivity contribution in [2.75, 3.05) is 37.6 Å². The van der Waals surface area contributed by atoms with Crippen LogP contribution in [-0.4, -0.2) is 48.6 Å². The van der Waals surface area contributed by atoms with E-state index in [0.29, 0.717) is 25.2 Å². The maximum Gasteiger partial charge on any atom is 0.317 e. The molecule has 0 aliphatic carbocycles. The number of hydrogen-bond acceptors (Lipinski definition) is 4. The third-order valence-corrected chi connectivity index (χ3v) is 3.17. The second-order valence-electron chi connectivity index (χ2n) is 4.47. The van der Waals surface area contributed by atoms with E-state index in [-0.39, 0.29) is 6.03 Å². The molecule has 1 N–H and O–H groups in total. The Morgan fingerprint density at radius 1 is 1.45 bits per heavy atom. The van der Waals surface area contributed by atoms with Gasteiger partial charge in [0.2, 0.25) is 0 Å². The predicted octanol–water partition coefficient (Wildman–Crippen LogP) is 0.971. The summed E-state index contributed by atoms with van der Waals surface area (Å²) < 4.78 is 0. The minimum Gasteiger partial charge on any atom is -0.353 e. The monoisotopic (exact) mass is 271 g/mol. The fraction of sp³-hybridized carbons (Fsp3) is 0.357. The molecule has 2 amide bonds. The number of nitriles is 1. The van der Waals surface area contributed by atoms with Crippen molar-refractivity contribution in [2.45, 2.75) is 0 Å². The van der Waals surface area contributed by atoms with Crippen LogP contribution in [0, 0.1) is 11.3 Å². The van der Waals surface area contributed by atoms with Gasteiger partial charge in [-0.05, 0) is 12.1 Å². The van der Waals surface area contributed by atoms with Gasteiger partial charge in [-0.3, -0.25) is 0 Å². The van der Waals surface area contributed by atoms with Gasteiger partial charge in [0, 0.05) is 38.9 Å². The van der Waals surface area contributed by atoms with Gasteiger partial charge in [-0.2, -0.15) is 5.26 Å². The Morgan fingerprint density at radius 2 is 2.20 bits per heavy atom. The zero-order valence-corrected chi connectivity index (χ0v) is 11.2. The van der Waals surface area contributed by atoms with Crippen molar-refractivity contribution in [3.05, 3.63) is 36.5 Å². The van der Waals surface area contributed by atoms with E-state index in [1.165, 1.54) is 0 Å². The van der Waals surface area contributed by atoms with E-state index in [0.717, 1.165) is 18.9 Å². The summed E-state index contributed by atoms with van der Waals surface area (Å²) in [6.07, 6.45) is 3.23. The number of amides is 2. The van der Waals surface area contributed by atoms with E-state index >= 15 is 0 Å².